The summed E-state index contributed by atoms with van der Waals surface area (Å²) in [5.41, 5.74) is 0. The third-order valence-electron chi connectivity index (χ3n) is 12.2. The van der Waals surface area contributed by atoms with Crippen molar-refractivity contribution in [2.45, 2.75) is 281 Å². The molecule has 11 nitrogen and oxygen atoms in total. The summed E-state index contributed by atoms with van der Waals surface area (Å²) in [6.45, 7) is 3.45. The molecule has 0 bridgehead atoms. The third-order valence-corrected chi connectivity index (χ3v) is 12.2. The minimum absolute atomic E-state index is 0.266. The van der Waals surface area contributed by atoms with Crippen molar-refractivity contribution >= 4 is 5.91 Å². The van der Waals surface area contributed by atoms with Crippen molar-refractivity contribution in [2.24, 2.45) is 0 Å². The van der Waals surface area contributed by atoms with Gasteiger partial charge >= 0.3 is 0 Å². The molecule has 0 spiro atoms. The quantitative estimate of drug-likeness (QED) is 0.0279. The van der Waals surface area contributed by atoms with E-state index in [0.717, 1.165) is 38.5 Å². The highest BCUT2D eigenvalue weighted by molar-refractivity contribution is 5.80. The van der Waals surface area contributed by atoms with E-state index in [1.165, 1.54) is 148 Å². The van der Waals surface area contributed by atoms with E-state index in [-0.39, 0.29) is 6.42 Å². The number of nitrogens with one attached hydrogen (secondary N) is 1. The van der Waals surface area contributed by atoms with Crippen molar-refractivity contribution in [2.75, 3.05) is 13.2 Å². The van der Waals surface area contributed by atoms with Crippen LogP contribution in [0.1, 0.15) is 226 Å². The van der Waals surface area contributed by atoms with E-state index in [0.29, 0.717) is 19.3 Å². The maximum atomic E-state index is 13.1. The van der Waals surface area contributed by atoms with Gasteiger partial charge in [0.05, 0.1) is 25.4 Å². The van der Waals surface area contributed by atoms with Crippen LogP contribution in [0.2, 0.25) is 0 Å². The molecule has 1 heterocycles. The van der Waals surface area contributed by atoms with Gasteiger partial charge in [0.1, 0.15) is 36.6 Å². The Morgan fingerprint density at radius 2 is 0.897 bits per heavy atom. The molecule has 9 unspecified atom stereocenters. The fourth-order valence-electron chi connectivity index (χ4n) is 8.09. The van der Waals surface area contributed by atoms with Crippen LogP contribution in [0.5, 0.6) is 0 Å². The minimum atomic E-state index is -1.66. The summed E-state index contributed by atoms with van der Waals surface area (Å²) in [5, 5.41) is 75.7. The number of aliphatic hydroxyl groups excluding tert-OH is 7. The monoisotopic (exact) mass is 832 g/mol. The first kappa shape index (κ1) is 55.1. The maximum absolute atomic E-state index is 13.1. The molecule has 8 N–H and O–H groups in total. The predicted octanol–water partition coefficient (Wildman–Crippen LogP) is 8.28. The molecule has 0 aromatic carbocycles. The van der Waals surface area contributed by atoms with Gasteiger partial charge in [0.25, 0.3) is 0 Å². The number of hydrogen-bond acceptors (Lipinski definition) is 10. The van der Waals surface area contributed by atoms with Gasteiger partial charge in [0.2, 0.25) is 5.91 Å². The Balaban J connectivity index is 2.41. The lowest BCUT2D eigenvalue weighted by Crippen LogP contribution is -2.60. The molecule has 1 saturated heterocycles. The summed E-state index contributed by atoms with van der Waals surface area (Å²) in [7, 11) is 0. The number of rotatable bonds is 41. The molecule has 1 fully saturated rings. The molecule has 58 heavy (non-hydrogen) atoms. The Morgan fingerprint density at radius 3 is 1.28 bits per heavy atom. The topological polar surface area (TPSA) is 189 Å². The molecule has 1 aliphatic rings. The molecule has 1 aliphatic heterocycles. The molecule has 0 saturated carbocycles. The summed E-state index contributed by atoms with van der Waals surface area (Å²) in [6, 6.07) is -1.16. The zero-order valence-electron chi connectivity index (χ0n) is 37.3. The van der Waals surface area contributed by atoms with Gasteiger partial charge in [-0.25, -0.2) is 0 Å². The average Bonchev–Trinajstić information content (AvgIpc) is 3.22. The number of hydrogen-bond donors (Lipinski definition) is 8. The molecule has 1 rings (SSSR count). The molecule has 9 atom stereocenters. The van der Waals surface area contributed by atoms with Crippen LogP contribution >= 0.6 is 0 Å². The van der Waals surface area contributed by atoms with Gasteiger partial charge in [-0.3, -0.25) is 4.79 Å². The SMILES string of the molecule is CCCCCCCCCCCCCCCCCCCCC(O)C(O)C(COC1OC(CO)C(O)C(O)C1O)NC(=O)C(O)CCCCCCCCCCCCCCC. The van der Waals surface area contributed by atoms with Gasteiger partial charge in [-0.1, -0.05) is 213 Å². The highest BCUT2D eigenvalue weighted by Gasteiger charge is 2.44. The summed E-state index contributed by atoms with van der Waals surface area (Å²) < 4.78 is 11.1. The van der Waals surface area contributed by atoms with Crippen LogP contribution in [0.15, 0.2) is 0 Å². The van der Waals surface area contributed by atoms with Crippen LogP contribution in [0, 0.1) is 0 Å². The Bertz CT molecular complexity index is 913. The zero-order valence-corrected chi connectivity index (χ0v) is 37.3. The Kier molecular flexibility index (Phi) is 36.0. The van der Waals surface area contributed by atoms with Crippen molar-refractivity contribution in [3.63, 3.8) is 0 Å². The van der Waals surface area contributed by atoms with E-state index in [2.05, 4.69) is 19.2 Å². The van der Waals surface area contributed by atoms with Crippen LogP contribution in [-0.2, 0) is 14.3 Å². The smallest absolute Gasteiger partial charge is 0.249 e. The van der Waals surface area contributed by atoms with Crippen LogP contribution in [-0.4, -0.2) is 110 Å². The van der Waals surface area contributed by atoms with E-state index < -0.39 is 74.2 Å². The highest BCUT2D eigenvalue weighted by Crippen LogP contribution is 2.23. The number of aliphatic hydroxyl groups is 7. The van der Waals surface area contributed by atoms with Crippen LogP contribution in [0.4, 0.5) is 0 Å². The molecule has 1 amide bonds. The number of unbranched alkanes of at least 4 members (excludes halogenated alkanes) is 29. The molecular formula is C47H93NO10. The van der Waals surface area contributed by atoms with E-state index in [1.54, 1.807) is 0 Å². The Labute approximate surface area is 354 Å². The standard InChI is InChI=1S/C47H93NO10/c1-3-5-7-9-11-13-15-17-18-19-20-21-23-24-26-28-30-32-34-39(50)42(52)38(37-57-47-45(55)44(54)43(53)41(36-49)58-47)48-46(56)40(51)35-33-31-29-27-25-22-16-14-12-10-8-6-4-2/h38-45,47,49-55H,3-37H2,1-2H3,(H,48,56). The second kappa shape index (κ2) is 37.8. The first-order valence-corrected chi connectivity index (χ1v) is 24.4. The second-order valence-corrected chi connectivity index (χ2v) is 17.5. The van der Waals surface area contributed by atoms with Crippen molar-refractivity contribution < 1.29 is 50.0 Å². The lowest BCUT2D eigenvalue weighted by Gasteiger charge is -2.40. The number of carbonyl (C=O) groups excluding carboxylic acids is 1. The lowest BCUT2D eigenvalue weighted by atomic mass is 9.98. The number of amides is 1. The maximum Gasteiger partial charge on any atom is 0.249 e. The first-order chi connectivity index (χ1) is 28.2. The van der Waals surface area contributed by atoms with Crippen molar-refractivity contribution in [1.29, 1.82) is 0 Å². The molecule has 346 valence electrons. The van der Waals surface area contributed by atoms with Crippen LogP contribution in [0.25, 0.3) is 0 Å². The fourth-order valence-corrected chi connectivity index (χ4v) is 8.09. The second-order valence-electron chi connectivity index (χ2n) is 17.5. The van der Waals surface area contributed by atoms with Gasteiger partial charge in [-0.15, -0.1) is 0 Å². The highest BCUT2D eigenvalue weighted by atomic mass is 16.7. The van der Waals surface area contributed by atoms with Crippen LogP contribution in [0.3, 0.4) is 0 Å². The lowest BCUT2D eigenvalue weighted by molar-refractivity contribution is -0.303. The average molecular weight is 832 g/mol. The largest absolute Gasteiger partial charge is 0.394 e. The van der Waals surface area contributed by atoms with E-state index >= 15 is 0 Å². The summed E-state index contributed by atoms with van der Waals surface area (Å²) in [6.07, 6.45) is 27.2. The molecule has 11 heteroatoms. The van der Waals surface area contributed by atoms with Gasteiger partial charge in [-0.2, -0.15) is 0 Å². The van der Waals surface area contributed by atoms with E-state index in [9.17, 15) is 40.5 Å². The first-order valence-electron chi connectivity index (χ1n) is 24.4. The third kappa shape index (κ3) is 27.1. The minimum Gasteiger partial charge on any atom is -0.394 e. The van der Waals surface area contributed by atoms with E-state index in [1.807, 2.05) is 0 Å². The molecule has 0 radical (unpaired) electrons. The van der Waals surface area contributed by atoms with Crippen molar-refractivity contribution in [3.05, 3.63) is 0 Å². The summed E-state index contributed by atoms with van der Waals surface area (Å²) in [5.74, 6) is -0.694. The van der Waals surface area contributed by atoms with Crippen molar-refractivity contribution in [3.8, 4) is 0 Å². The Morgan fingerprint density at radius 1 is 0.534 bits per heavy atom. The zero-order chi connectivity index (χ0) is 42.6. The van der Waals surface area contributed by atoms with Crippen LogP contribution < -0.4 is 5.32 Å². The molecule has 0 aromatic rings. The number of ether oxygens (including phenoxy) is 2. The van der Waals surface area contributed by atoms with Crippen molar-refractivity contribution in [1.82, 2.24) is 5.32 Å². The number of carbonyl (C=O) groups is 1. The predicted molar refractivity (Wildman–Crippen MR) is 233 cm³/mol. The van der Waals surface area contributed by atoms with E-state index in [4.69, 9.17) is 9.47 Å². The van der Waals surface area contributed by atoms with Gasteiger partial charge < -0.3 is 50.5 Å². The summed E-state index contributed by atoms with van der Waals surface area (Å²) in [4.78, 5) is 13.1. The fraction of sp³-hybridized carbons (Fsp3) is 0.979. The summed E-state index contributed by atoms with van der Waals surface area (Å²) >= 11 is 0. The van der Waals surface area contributed by atoms with Gasteiger partial charge in [0.15, 0.2) is 6.29 Å². The molecule has 0 aromatic heterocycles. The molecule has 0 aliphatic carbocycles. The normalized spacial score (nSPS) is 21.8. The van der Waals surface area contributed by atoms with Gasteiger partial charge in [-0.05, 0) is 12.8 Å². The Hall–Kier alpha value is -0.890. The molecular weight excluding hydrogens is 739 g/mol. The van der Waals surface area contributed by atoms with Gasteiger partial charge in [0, 0.05) is 0 Å².